The molecule has 0 unspecified atom stereocenters. The average molecular weight is 433 g/mol. The van der Waals surface area contributed by atoms with Gasteiger partial charge in [-0.05, 0) is 50.1 Å². The van der Waals surface area contributed by atoms with Gasteiger partial charge < -0.3 is 14.8 Å². The molecule has 1 saturated carbocycles. The molecule has 1 amide bonds. The van der Waals surface area contributed by atoms with Gasteiger partial charge in [-0.15, -0.1) is 0 Å². The lowest BCUT2D eigenvalue weighted by molar-refractivity contribution is 0.102. The fourth-order valence-corrected chi connectivity index (χ4v) is 5.08. The summed E-state index contributed by atoms with van der Waals surface area (Å²) < 4.78 is 39.6. The third kappa shape index (κ3) is 5.31. The molecule has 0 spiro atoms. The van der Waals surface area contributed by atoms with Gasteiger partial charge in [0, 0.05) is 11.6 Å². The van der Waals surface area contributed by atoms with Gasteiger partial charge in [0.15, 0.2) is 0 Å². The van der Waals surface area contributed by atoms with E-state index < -0.39 is 15.9 Å². The summed E-state index contributed by atoms with van der Waals surface area (Å²) in [5.74, 6) is 0.317. The molecule has 162 valence electrons. The van der Waals surface area contributed by atoms with Gasteiger partial charge in [0.2, 0.25) is 10.0 Å². The predicted molar refractivity (Wildman–Crippen MR) is 116 cm³/mol. The van der Waals surface area contributed by atoms with Crippen molar-refractivity contribution in [2.45, 2.75) is 50.0 Å². The number of anilines is 1. The third-order valence-electron chi connectivity index (χ3n) is 5.08. The average Bonchev–Trinajstić information content (AvgIpc) is 2.75. The first-order chi connectivity index (χ1) is 14.4. The molecule has 0 aliphatic heterocycles. The number of hydrogen-bond acceptors (Lipinski definition) is 5. The molecule has 7 nitrogen and oxygen atoms in total. The highest BCUT2D eigenvalue weighted by Gasteiger charge is 2.26. The number of hydrogen-bond donors (Lipinski definition) is 2. The first kappa shape index (κ1) is 22.1. The molecule has 30 heavy (non-hydrogen) atoms. The van der Waals surface area contributed by atoms with Gasteiger partial charge in [-0.1, -0.05) is 31.4 Å². The Hall–Kier alpha value is -2.58. The number of rotatable bonds is 8. The number of carbonyl (C=O) groups is 1. The Morgan fingerprint density at radius 1 is 1.07 bits per heavy atom. The van der Waals surface area contributed by atoms with Gasteiger partial charge in [0.1, 0.15) is 16.4 Å². The number of para-hydroxylation sites is 2. The van der Waals surface area contributed by atoms with Crippen LogP contribution < -0.4 is 19.5 Å². The minimum atomic E-state index is -3.83. The van der Waals surface area contributed by atoms with Crippen molar-refractivity contribution in [3.8, 4) is 11.5 Å². The number of ether oxygens (including phenoxy) is 2. The van der Waals surface area contributed by atoms with Crippen molar-refractivity contribution in [1.82, 2.24) is 4.72 Å². The summed E-state index contributed by atoms with van der Waals surface area (Å²) in [7, 11) is -2.42. The van der Waals surface area contributed by atoms with E-state index in [1.165, 1.54) is 25.3 Å². The fraction of sp³-hybridized carbons (Fsp3) is 0.409. The second kappa shape index (κ2) is 9.95. The van der Waals surface area contributed by atoms with Crippen LogP contribution in [0.25, 0.3) is 0 Å². The van der Waals surface area contributed by atoms with Crippen molar-refractivity contribution < 1.29 is 22.7 Å². The lowest BCUT2D eigenvalue weighted by atomic mass is 9.96. The largest absolute Gasteiger partial charge is 0.495 e. The van der Waals surface area contributed by atoms with Gasteiger partial charge in [-0.3, -0.25) is 4.79 Å². The Labute approximate surface area is 177 Å². The van der Waals surface area contributed by atoms with Crippen LogP contribution in [0.1, 0.15) is 49.4 Å². The monoisotopic (exact) mass is 432 g/mol. The van der Waals surface area contributed by atoms with E-state index in [9.17, 15) is 13.2 Å². The van der Waals surface area contributed by atoms with Gasteiger partial charge >= 0.3 is 0 Å². The highest BCUT2D eigenvalue weighted by Crippen LogP contribution is 2.28. The number of benzene rings is 2. The minimum absolute atomic E-state index is 0.0404. The molecule has 0 aromatic heterocycles. The van der Waals surface area contributed by atoms with E-state index in [1.54, 1.807) is 18.2 Å². The van der Waals surface area contributed by atoms with Crippen molar-refractivity contribution >= 4 is 21.6 Å². The van der Waals surface area contributed by atoms with Crippen LogP contribution in [0.5, 0.6) is 11.5 Å². The van der Waals surface area contributed by atoms with Crippen LogP contribution in [0.2, 0.25) is 0 Å². The molecular weight excluding hydrogens is 404 g/mol. The molecule has 0 bridgehead atoms. The van der Waals surface area contributed by atoms with Gasteiger partial charge in [0.25, 0.3) is 5.91 Å². The second-order valence-corrected chi connectivity index (χ2v) is 8.89. The molecule has 0 radical (unpaired) electrons. The fourth-order valence-electron chi connectivity index (χ4n) is 3.58. The second-order valence-electron chi connectivity index (χ2n) is 7.21. The topological polar surface area (TPSA) is 93.7 Å². The van der Waals surface area contributed by atoms with E-state index in [0.717, 1.165) is 32.1 Å². The first-order valence-corrected chi connectivity index (χ1v) is 11.7. The Morgan fingerprint density at radius 3 is 2.50 bits per heavy atom. The summed E-state index contributed by atoms with van der Waals surface area (Å²) in [6.45, 7) is 2.32. The zero-order chi connectivity index (χ0) is 21.6. The van der Waals surface area contributed by atoms with Gasteiger partial charge in [-0.2, -0.15) is 0 Å². The lowest BCUT2D eigenvalue weighted by Crippen LogP contribution is -2.36. The summed E-state index contributed by atoms with van der Waals surface area (Å²) in [6.07, 6.45) is 4.77. The maximum atomic E-state index is 13.0. The Kier molecular flexibility index (Phi) is 7.33. The highest BCUT2D eigenvalue weighted by atomic mass is 32.2. The van der Waals surface area contributed by atoms with Gasteiger partial charge in [-0.25, -0.2) is 13.1 Å². The molecule has 3 rings (SSSR count). The number of amides is 1. The Bertz CT molecular complexity index is 985. The smallest absolute Gasteiger partial charge is 0.255 e. The molecule has 0 atom stereocenters. The molecule has 1 aliphatic carbocycles. The molecule has 1 aliphatic rings. The number of nitrogens with one attached hydrogen (secondary N) is 2. The van der Waals surface area contributed by atoms with E-state index in [4.69, 9.17) is 9.47 Å². The summed E-state index contributed by atoms with van der Waals surface area (Å²) in [5.41, 5.74) is 0.732. The quantitative estimate of drug-likeness (QED) is 0.659. The summed E-state index contributed by atoms with van der Waals surface area (Å²) in [4.78, 5) is 12.8. The maximum Gasteiger partial charge on any atom is 0.255 e. The van der Waals surface area contributed by atoms with Crippen molar-refractivity contribution in [2.75, 3.05) is 19.0 Å². The zero-order valence-corrected chi connectivity index (χ0v) is 18.1. The SMILES string of the molecule is CCOc1ccccc1NC(=O)c1ccc(OC)c(S(=O)(=O)NC2CCCCC2)c1. The molecule has 2 aromatic rings. The van der Waals surface area contributed by atoms with Crippen LogP contribution in [-0.2, 0) is 10.0 Å². The summed E-state index contributed by atoms with van der Waals surface area (Å²) >= 11 is 0. The van der Waals surface area contributed by atoms with Crippen LogP contribution in [0.15, 0.2) is 47.4 Å². The van der Waals surface area contributed by atoms with E-state index >= 15 is 0 Å². The standard InChI is InChI=1S/C22H28N2O5S/c1-3-29-19-12-8-7-11-18(19)23-22(25)16-13-14-20(28-2)21(15-16)30(26,27)24-17-9-5-4-6-10-17/h7-8,11-15,17,24H,3-6,9-10H2,1-2H3,(H,23,25). The molecule has 2 N–H and O–H groups in total. The Balaban J connectivity index is 1.85. The summed E-state index contributed by atoms with van der Waals surface area (Å²) in [5, 5.41) is 2.79. The van der Waals surface area contributed by atoms with Crippen LogP contribution in [-0.4, -0.2) is 34.1 Å². The molecule has 8 heteroatoms. The predicted octanol–water partition coefficient (Wildman–Crippen LogP) is 3.96. The van der Waals surface area contributed by atoms with Crippen LogP contribution >= 0.6 is 0 Å². The van der Waals surface area contributed by atoms with E-state index in [2.05, 4.69) is 10.0 Å². The van der Waals surface area contributed by atoms with E-state index in [0.29, 0.717) is 18.0 Å². The van der Waals surface area contributed by atoms with Crippen molar-refractivity contribution in [2.24, 2.45) is 0 Å². The molecule has 2 aromatic carbocycles. The van der Waals surface area contributed by atoms with Crippen molar-refractivity contribution in [1.29, 1.82) is 0 Å². The maximum absolute atomic E-state index is 13.0. The van der Waals surface area contributed by atoms with Crippen molar-refractivity contribution in [3.05, 3.63) is 48.0 Å². The molecule has 0 saturated heterocycles. The first-order valence-electron chi connectivity index (χ1n) is 10.2. The highest BCUT2D eigenvalue weighted by molar-refractivity contribution is 7.89. The van der Waals surface area contributed by atoms with E-state index in [1.807, 2.05) is 13.0 Å². The zero-order valence-electron chi connectivity index (χ0n) is 17.3. The third-order valence-corrected chi connectivity index (χ3v) is 6.62. The molecule has 1 fully saturated rings. The molecular formula is C22H28N2O5S. The van der Waals surface area contributed by atoms with Crippen LogP contribution in [0, 0.1) is 0 Å². The van der Waals surface area contributed by atoms with Crippen LogP contribution in [0.4, 0.5) is 5.69 Å². The van der Waals surface area contributed by atoms with E-state index in [-0.39, 0.29) is 22.3 Å². The normalized spacial score (nSPS) is 14.9. The molecule has 0 heterocycles. The summed E-state index contributed by atoms with van der Waals surface area (Å²) in [6, 6.07) is 11.4. The Morgan fingerprint density at radius 2 is 1.80 bits per heavy atom. The van der Waals surface area contributed by atoms with Crippen LogP contribution in [0.3, 0.4) is 0 Å². The van der Waals surface area contributed by atoms with Crippen molar-refractivity contribution in [3.63, 3.8) is 0 Å². The minimum Gasteiger partial charge on any atom is -0.495 e. The lowest BCUT2D eigenvalue weighted by Gasteiger charge is -2.23. The van der Waals surface area contributed by atoms with Gasteiger partial charge in [0.05, 0.1) is 19.4 Å². The number of carbonyl (C=O) groups excluding carboxylic acids is 1. The number of methoxy groups -OCH3 is 1. The number of sulfonamides is 1.